The zero-order chi connectivity index (χ0) is 17.9. The quantitative estimate of drug-likeness (QED) is 0.561. The Morgan fingerprint density at radius 1 is 1.08 bits per heavy atom. The van der Waals surface area contributed by atoms with E-state index in [2.05, 4.69) is 25.9 Å². The Morgan fingerprint density at radius 3 is 2.73 bits per heavy atom. The van der Waals surface area contributed by atoms with E-state index < -0.39 is 0 Å². The van der Waals surface area contributed by atoms with Gasteiger partial charge in [-0.3, -0.25) is 9.78 Å². The van der Waals surface area contributed by atoms with Crippen molar-refractivity contribution in [1.82, 2.24) is 19.9 Å². The molecule has 0 radical (unpaired) electrons. The lowest BCUT2D eigenvalue weighted by atomic mass is 10.1. The van der Waals surface area contributed by atoms with Crippen LogP contribution in [0.3, 0.4) is 0 Å². The Kier molecular flexibility index (Phi) is 4.35. The first-order valence-corrected chi connectivity index (χ1v) is 8.77. The van der Waals surface area contributed by atoms with Crippen LogP contribution >= 0.6 is 0 Å². The number of carbonyl (C=O) groups excluding carboxylic acids is 1. The fourth-order valence-corrected chi connectivity index (χ4v) is 3.23. The maximum atomic E-state index is 12.6. The van der Waals surface area contributed by atoms with Crippen LogP contribution in [0.25, 0.3) is 21.9 Å². The molecule has 4 aromatic rings. The molecule has 1 amide bonds. The van der Waals surface area contributed by atoms with Crippen LogP contribution < -0.4 is 5.32 Å². The highest BCUT2D eigenvalue weighted by Crippen LogP contribution is 2.18. The van der Waals surface area contributed by atoms with Crippen LogP contribution in [0.4, 0.5) is 0 Å². The highest BCUT2D eigenvalue weighted by molar-refractivity contribution is 6.06. The Balaban J connectivity index is 1.42. The number of amides is 1. The highest BCUT2D eigenvalue weighted by atomic mass is 16.1. The number of fused-ring (bicyclic) bond motifs is 2. The minimum atomic E-state index is -0.0535. The largest absolute Gasteiger partial charge is 0.352 e. The highest BCUT2D eigenvalue weighted by Gasteiger charge is 2.11. The van der Waals surface area contributed by atoms with Crippen LogP contribution in [0, 0.1) is 6.92 Å². The summed E-state index contributed by atoms with van der Waals surface area (Å²) in [6.07, 6.45) is 2.69. The van der Waals surface area contributed by atoms with Crippen LogP contribution in [-0.4, -0.2) is 27.0 Å². The Morgan fingerprint density at radius 2 is 1.85 bits per heavy atom. The number of benzene rings is 2. The van der Waals surface area contributed by atoms with Gasteiger partial charge in [-0.2, -0.15) is 0 Å². The van der Waals surface area contributed by atoms with Gasteiger partial charge in [-0.05, 0) is 37.6 Å². The normalized spacial score (nSPS) is 11.1. The van der Waals surface area contributed by atoms with Crippen molar-refractivity contribution in [1.29, 1.82) is 0 Å². The summed E-state index contributed by atoms with van der Waals surface area (Å²) >= 11 is 0. The lowest BCUT2D eigenvalue weighted by molar-refractivity contribution is 0.0954. The number of nitrogens with one attached hydrogen (secondary N) is 1. The third-order valence-electron chi connectivity index (χ3n) is 4.48. The monoisotopic (exact) mass is 344 g/mol. The minimum Gasteiger partial charge on any atom is -0.352 e. The molecule has 0 aliphatic rings. The molecule has 0 atom stereocenters. The van der Waals surface area contributed by atoms with E-state index in [0.29, 0.717) is 12.1 Å². The summed E-state index contributed by atoms with van der Waals surface area (Å²) in [6.45, 7) is 3.34. The molecule has 0 aliphatic carbocycles. The van der Waals surface area contributed by atoms with Gasteiger partial charge in [0.1, 0.15) is 0 Å². The number of hydrogen-bond donors (Lipinski definition) is 1. The second-order valence-electron chi connectivity index (χ2n) is 6.36. The number of rotatable bonds is 5. The Hall–Kier alpha value is -3.21. The molecular formula is C21H20N4O. The van der Waals surface area contributed by atoms with Crippen LogP contribution in [0.5, 0.6) is 0 Å². The molecule has 0 spiro atoms. The average molecular weight is 344 g/mol. The fourth-order valence-electron chi connectivity index (χ4n) is 3.23. The van der Waals surface area contributed by atoms with Crippen molar-refractivity contribution < 1.29 is 4.79 Å². The van der Waals surface area contributed by atoms with Gasteiger partial charge in [-0.15, -0.1) is 0 Å². The van der Waals surface area contributed by atoms with E-state index in [4.69, 9.17) is 0 Å². The molecule has 0 saturated carbocycles. The third-order valence-corrected chi connectivity index (χ3v) is 4.48. The molecule has 0 saturated heterocycles. The van der Waals surface area contributed by atoms with E-state index >= 15 is 0 Å². The molecule has 2 heterocycles. The number of nitrogens with zero attached hydrogens (tertiary/aromatic N) is 3. The van der Waals surface area contributed by atoms with E-state index in [1.54, 1.807) is 0 Å². The molecule has 0 unspecified atom stereocenters. The summed E-state index contributed by atoms with van der Waals surface area (Å²) in [7, 11) is 0. The van der Waals surface area contributed by atoms with E-state index in [0.717, 1.165) is 40.6 Å². The smallest absolute Gasteiger partial charge is 0.252 e. The number of aromatic nitrogens is 3. The topological polar surface area (TPSA) is 59.8 Å². The number of hydrogen-bond acceptors (Lipinski definition) is 3. The molecule has 4 rings (SSSR count). The van der Waals surface area contributed by atoms with Crippen molar-refractivity contribution >= 4 is 27.8 Å². The number of carbonyl (C=O) groups is 1. The first kappa shape index (κ1) is 16.3. The van der Waals surface area contributed by atoms with Gasteiger partial charge in [0.2, 0.25) is 0 Å². The molecule has 2 aromatic carbocycles. The number of pyridine rings is 1. The second-order valence-corrected chi connectivity index (χ2v) is 6.36. The maximum Gasteiger partial charge on any atom is 0.252 e. The molecular weight excluding hydrogens is 324 g/mol. The molecule has 0 aliphatic heterocycles. The maximum absolute atomic E-state index is 12.6. The van der Waals surface area contributed by atoms with Gasteiger partial charge < -0.3 is 9.88 Å². The predicted octanol–water partition coefficient (Wildman–Crippen LogP) is 3.71. The molecule has 5 heteroatoms. The SMILES string of the molecule is Cc1cc(C(=O)NCCCn2cnc3ccccc32)c2ccccc2n1. The zero-order valence-corrected chi connectivity index (χ0v) is 14.6. The predicted molar refractivity (Wildman–Crippen MR) is 103 cm³/mol. The van der Waals surface area contributed by atoms with Crippen LogP contribution in [0.1, 0.15) is 22.5 Å². The van der Waals surface area contributed by atoms with E-state index in [9.17, 15) is 4.79 Å². The fraction of sp³-hybridized carbons (Fsp3) is 0.190. The minimum absolute atomic E-state index is 0.0535. The molecule has 0 bridgehead atoms. The van der Waals surface area contributed by atoms with Crippen molar-refractivity contribution in [3.63, 3.8) is 0 Å². The summed E-state index contributed by atoms with van der Waals surface area (Å²) < 4.78 is 2.12. The van der Waals surface area contributed by atoms with Crippen molar-refractivity contribution in [2.75, 3.05) is 6.54 Å². The summed E-state index contributed by atoms with van der Waals surface area (Å²) in [4.78, 5) is 21.5. The van der Waals surface area contributed by atoms with E-state index in [1.807, 2.05) is 61.8 Å². The van der Waals surface area contributed by atoms with Gasteiger partial charge >= 0.3 is 0 Å². The number of aryl methyl sites for hydroxylation is 2. The van der Waals surface area contributed by atoms with Gasteiger partial charge in [-0.25, -0.2) is 4.98 Å². The molecule has 130 valence electrons. The molecule has 5 nitrogen and oxygen atoms in total. The van der Waals surface area contributed by atoms with E-state index in [1.165, 1.54) is 0 Å². The van der Waals surface area contributed by atoms with Crippen molar-refractivity contribution in [2.24, 2.45) is 0 Å². The van der Waals surface area contributed by atoms with Crippen molar-refractivity contribution in [3.05, 3.63) is 72.2 Å². The molecule has 1 N–H and O–H groups in total. The van der Waals surface area contributed by atoms with Gasteiger partial charge in [0.15, 0.2) is 0 Å². The standard InChI is InChI=1S/C21H20N4O/c1-15-13-17(16-7-2-3-8-18(16)24-15)21(26)22-11-6-12-25-14-23-19-9-4-5-10-20(19)25/h2-5,7-10,13-14H,6,11-12H2,1H3,(H,22,26). The van der Waals surface area contributed by atoms with Crippen LogP contribution in [0.15, 0.2) is 60.9 Å². The van der Waals surface area contributed by atoms with Crippen LogP contribution in [0.2, 0.25) is 0 Å². The van der Waals surface area contributed by atoms with Crippen molar-refractivity contribution in [3.8, 4) is 0 Å². The Labute approximate surface area is 151 Å². The van der Waals surface area contributed by atoms with Gasteiger partial charge in [0, 0.05) is 24.2 Å². The Bertz CT molecular complexity index is 1080. The summed E-state index contributed by atoms with van der Waals surface area (Å²) in [5.41, 5.74) is 4.49. The summed E-state index contributed by atoms with van der Waals surface area (Å²) in [5, 5.41) is 3.91. The first-order valence-electron chi connectivity index (χ1n) is 8.77. The van der Waals surface area contributed by atoms with Gasteiger partial charge in [0.25, 0.3) is 5.91 Å². The van der Waals surface area contributed by atoms with Crippen molar-refractivity contribution in [2.45, 2.75) is 19.9 Å². The number of para-hydroxylation sites is 3. The van der Waals surface area contributed by atoms with E-state index in [-0.39, 0.29) is 5.91 Å². The molecule has 26 heavy (non-hydrogen) atoms. The zero-order valence-electron chi connectivity index (χ0n) is 14.6. The van der Waals surface area contributed by atoms with Gasteiger partial charge in [0.05, 0.1) is 28.4 Å². The number of imidazole rings is 1. The third kappa shape index (κ3) is 3.16. The lowest BCUT2D eigenvalue weighted by Crippen LogP contribution is -2.25. The lowest BCUT2D eigenvalue weighted by Gasteiger charge is -2.09. The summed E-state index contributed by atoms with van der Waals surface area (Å²) in [6, 6.07) is 17.7. The van der Waals surface area contributed by atoms with Gasteiger partial charge in [-0.1, -0.05) is 30.3 Å². The first-order chi connectivity index (χ1) is 12.7. The second kappa shape index (κ2) is 6.96. The molecule has 2 aromatic heterocycles. The molecule has 0 fully saturated rings. The average Bonchev–Trinajstić information content (AvgIpc) is 3.07. The summed E-state index contributed by atoms with van der Waals surface area (Å²) in [5.74, 6) is -0.0535. The van der Waals surface area contributed by atoms with Crippen LogP contribution in [-0.2, 0) is 6.54 Å².